The molecule has 3 rings (SSSR count). The van der Waals surface area contributed by atoms with Crippen molar-refractivity contribution < 1.29 is 13.6 Å². The molecule has 24 heavy (non-hydrogen) atoms. The van der Waals surface area contributed by atoms with Crippen molar-refractivity contribution in [1.29, 1.82) is 0 Å². The van der Waals surface area contributed by atoms with Crippen LogP contribution >= 0.6 is 0 Å². The highest BCUT2D eigenvalue weighted by atomic mass is 19.1. The predicted octanol–water partition coefficient (Wildman–Crippen LogP) is 3.75. The van der Waals surface area contributed by atoms with E-state index >= 15 is 0 Å². The number of aromatic nitrogens is 2. The number of benzene rings is 2. The molecule has 0 aliphatic carbocycles. The Kier molecular flexibility index (Phi) is 4.42. The van der Waals surface area contributed by atoms with Crippen LogP contribution in [0.25, 0.3) is 0 Å². The number of amides is 1. The Morgan fingerprint density at radius 2 is 1.75 bits per heavy atom. The molecule has 1 heterocycles. The van der Waals surface area contributed by atoms with E-state index in [9.17, 15) is 13.6 Å². The lowest BCUT2D eigenvalue weighted by molar-refractivity contribution is 0.102. The summed E-state index contributed by atoms with van der Waals surface area (Å²) in [4.78, 5) is 12.0. The van der Waals surface area contributed by atoms with Gasteiger partial charge in [0.2, 0.25) is 0 Å². The van der Waals surface area contributed by atoms with E-state index in [0.717, 1.165) is 0 Å². The van der Waals surface area contributed by atoms with E-state index in [1.54, 1.807) is 24.3 Å². The molecule has 2 N–H and O–H groups in total. The normalized spacial score (nSPS) is 10.2. The van der Waals surface area contributed by atoms with Crippen molar-refractivity contribution in [1.82, 2.24) is 10.2 Å². The van der Waals surface area contributed by atoms with Crippen LogP contribution < -0.4 is 10.6 Å². The summed E-state index contributed by atoms with van der Waals surface area (Å²) in [7, 11) is 0. The third kappa shape index (κ3) is 3.70. The summed E-state index contributed by atoms with van der Waals surface area (Å²) >= 11 is 0. The maximum Gasteiger partial charge on any atom is 0.276 e. The van der Waals surface area contributed by atoms with Gasteiger partial charge in [0.25, 0.3) is 5.91 Å². The topological polar surface area (TPSA) is 66.9 Å². The van der Waals surface area contributed by atoms with Gasteiger partial charge in [0, 0.05) is 5.69 Å². The van der Waals surface area contributed by atoms with Crippen molar-refractivity contribution in [2.24, 2.45) is 0 Å². The van der Waals surface area contributed by atoms with Crippen molar-refractivity contribution in [3.63, 3.8) is 0 Å². The van der Waals surface area contributed by atoms with Crippen LogP contribution in [0.5, 0.6) is 0 Å². The van der Waals surface area contributed by atoms with Gasteiger partial charge < -0.3 is 10.6 Å². The first kappa shape index (κ1) is 15.5. The molecular formula is C17H12F2N4O. The summed E-state index contributed by atoms with van der Waals surface area (Å²) in [5.41, 5.74) is 0.623. The van der Waals surface area contributed by atoms with Crippen LogP contribution in [-0.4, -0.2) is 16.1 Å². The van der Waals surface area contributed by atoms with E-state index in [1.807, 2.05) is 0 Å². The number of nitrogens with one attached hydrogen (secondary N) is 2. The summed E-state index contributed by atoms with van der Waals surface area (Å²) in [6.45, 7) is 0. The van der Waals surface area contributed by atoms with Gasteiger partial charge in [-0.2, -0.15) is 0 Å². The highest BCUT2D eigenvalue weighted by Gasteiger charge is 2.10. The molecule has 2 aromatic carbocycles. The van der Waals surface area contributed by atoms with Gasteiger partial charge in [-0.25, -0.2) is 8.78 Å². The lowest BCUT2D eigenvalue weighted by Gasteiger charge is -2.07. The molecule has 0 saturated heterocycles. The Morgan fingerprint density at radius 3 is 2.46 bits per heavy atom. The van der Waals surface area contributed by atoms with Crippen molar-refractivity contribution in [2.75, 3.05) is 10.6 Å². The predicted molar refractivity (Wildman–Crippen MR) is 86.1 cm³/mol. The lowest BCUT2D eigenvalue weighted by Crippen LogP contribution is -2.14. The lowest BCUT2D eigenvalue weighted by atomic mass is 10.3. The number of carbonyl (C=O) groups excluding carboxylic acids is 1. The van der Waals surface area contributed by atoms with Crippen molar-refractivity contribution in [3.8, 4) is 0 Å². The highest BCUT2D eigenvalue weighted by molar-refractivity contribution is 6.02. The first-order valence-electron chi connectivity index (χ1n) is 7.04. The minimum absolute atomic E-state index is 0.0540. The summed E-state index contributed by atoms with van der Waals surface area (Å²) in [6, 6.07) is 14.6. The second-order valence-corrected chi connectivity index (χ2v) is 4.87. The van der Waals surface area contributed by atoms with Crippen LogP contribution in [-0.2, 0) is 0 Å². The van der Waals surface area contributed by atoms with Gasteiger partial charge in [-0.3, -0.25) is 4.79 Å². The van der Waals surface area contributed by atoms with E-state index in [0.29, 0.717) is 11.5 Å². The SMILES string of the molecule is O=C(Nc1cccc(F)c1)c1ccc(Nc2ccccc2F)nn1. The number of anilines is 3. The molecule has 0 aliphatic heterocycles. The molecule has 0 aliphatic rings. The number of rotatable bonds is 4. The number of para-hydroxylation sites is 1. The molecular weight excluding hydrogens is 314 g/mol. The molecule has 0 saturated carbocycles. The van der Waals surface area contributed by atoms with Crippen LogP contribution in [0.4, 0.5) is 26.0 Å². The fraction of sp³-hybridized carbons (Fsp3) is 0. The molecule has 0 unspecified atom stereocenters. The molecule has 0 bridgehead atoms. The zero-order valence-electron chi connectivity index (χ0n) is 12.3. The van der Waals surface area contributed by atoms with E-state index < -0.39 is 17.5 Å². The smallest absolute Gasteiger partial charge is 0.276 e. The minimum atomic E-state index is -0.523. The molecule has 0 fully saturated rings. The maximum atomic E-state index is 13.6. The summed E-state index contributed by atoms with van der Waals surface area (Å²) in [5.74, 6) is -1.11. The van der Waals surface area contributed by atoms with Crippen molar-refractivity contribution in [2.45, 2.75) is 0 Å². The Bertz CT molecular complexity index is 868. The monoisotopic (exact) mass is 326 g/mol. The first-order chi connectivity index (χ1) is 11.6. The van der Waals surface area contributed by atoms with Gasteiger partial charge in [-0.1, -0.05) is 18.2 Å². The second kappa shape index (κ2) is 6.82. The fourth-order valence-corrected chi connectivity index (χ4v) is 1.98. The number of nitrogens with zero attached hydrogens (tertiary/aromatic N) is 2. The molecule has 1 aromatic heterocycles. The third-order valence-corrected chi connectivity index (χ3v) is 3.12. The first-order valence-corrected chi connectivity index (χ1v) is 7.04. The van der Waals surface area contributed by atoms with Gasteiger partial charge in [0.05, 0.1) is 5.69 Å². The molecule has 0 atom stereocenters. The molecule has 1 amide bonds. The van der Waals surface area contributed by atoms with Crippen LogP contribution in [0.15, 0.2) is 60.7 Å². The molecule has 0 radical (unpaired) electrons. The van der Waals surface area contributed by atoms with Crippen LogP contribution in [0.2, 0.25) is 0 Å². The average Bonchev–Trinajstić information content (AvgIpc) is 2.57. The minimum Gasteiger partial charge on any atom is -0.336 e. The van der Waals surface area contributed by atoms with E-state index in [4.69, 9.17) is 0 Å². The zero-order chi connectivity index (χ0) is 16.9. The second-order valence-electron chi connectivity index (χ2n) is 4.87. The number of carbonyl (C=O) groups is 1. The van der Waals surface area contributed by atoms with E-state index in [1.165, 1.54) is 36.4 Å². The standard InChI is InChI=1S/C17H12F2N4O/c18-11-4-3-5-12(10-11)20-17(24)15-8-9-16(23-22-15)21-14-7-2-1-6-13(14)19/h1-10H,(H,20,24)(H,21,23). The zero-order valence-corrected chi connectivity index (χ0v) is 12.3. The Labute approximate surface area is 136 Å². The number of hydrogen-bond acceptors (Lipinski definition) is 4. The third-order valence-electron chi connectivity index (χ3n) is 3.12. The van der Waals surface area contributed by atoms with Crippen LogP contribution in [0, 0.1) is 11.6 Å². The van der Waals surface area contributed by atoms with Crippen molar-refractivity contribution >= 4 is 23.1 Å². The highest BCUT2D eigenvalue weighted by Crippen LogP contribution is 2.17. The Balaban J connectivity index is 1.70. The average molecular weight is 326 g/mol. The van der Waals surface area contributed by atoms with Gasteiger partial charge in [-0.15, -0.1) is 10.2 Å². The summed E-state index contributed by atoms with van der Waals surface area (Å²) < 4.78 is 26.6. The van der Waals surface area contributed by atoms with E-state index in [-0.39, 0.29) is 11.4 Å². The number of halogens is 2. The van der Waals surface area contributed by atoms with Crippen molar-refractivity contribution in [3.05, 3.63) is 78.0 Å². The van der Waals surface area contributed by atoms with Crippen LogP contribution in [0.3, 0.4) is 0 Å². The fourth-order valence-electron chi connectivity index (χ4n) is 1.98. The van der Waals surface area contributed by atoms with Gasteiger partial charge >= 0.3 is 0 Å². The summed E-state index contributed by atoms with van der Waals surface area (Å²) in [5, 5.41) is 12.9. The molecule has 5 nitrogen and oxygen atoms in total. The van der Waals surface area contributed by atoms with Gasteiger partial charge in [0.15, 0.2) is 11.5 Å². The maximum absolute atomic E-state index is 13.6. The molecule has 0 spiro atoms. The quantitative estimate of drug-likeness (QED) is 0.766. The molecule has 3 aromatic rings. The van der Waals surface area contributed by atoms with Gasteiger partial charge in [-0.05, 0) is 42.5 Å². The molecule has 7 heteroatoms. The molecule has 120 valence electrons. The van der Waals surface area contributed by atoms with Crippen LogP contribution in [0.1, 0.15) is 10.5 Å². The number of hydrogen-bond donors (Lipinski definition) is 2. The van der Waals surface area contributed by atoms with E-state index in [2.05, 4.69) is 20.8 Å². The Morgan fingerprint density at radius 1 is 0.917 bits per heavy atom. The largest absolute Gasteiger partial charge is 0.336 e. The summed E-state index contributed by atoms with van der Waals surface area (Å²) in [6.07, 6.45) is 0. The van der Waals surface area contributed by atoms with Gasteiger partial charge in [0.1, 0.15) is 11.6 Å². The Hall–Kier alpha value is -3.35.